The van der Waals surface area contributed by atoms with E-state index in [0.29, 0.717) is 17.9 Å². The molecule has 3 aromatic rings. The first kappa shape index (κ1) is 14.4. The van der Waals surface area contributed by atoms with Crippen molar-refractivity contribution in [3.8, 4) is 0 Å². The Bertz CT molecular complexity index is 865. The van der Waals surface area contributed by atoms with Crippen LogP contribution in [0.3, 0.4) is 0 Å². The molecule has 0 bridgehead atoms. The Morgan fingerprint density at radius 2 is 2.21 bits per heavy atom. The third-order valence-electron chi connectivity index (χ3n) is 5.74. The predicted molar refractivity (Wildman–Crippen MR) is 90.9 cm³/mol. The summed E-state index contributed by atoms with van der Waals surface area (Å²) in [5, 5.41) is 8.92. The van der Waals surface area contributed by atoms with Crippen molar-refractivity contribution in [2.75, 3.05) is 6.61 Å². The summed E-state index contributed by atoms with van der Waals surface area (Å²) in [5.74, 6) is 2.92. The van der Waals surface area contributed by atoms with E-state index in [1.165, 1.54) is 12.8 Å². The summed E-state index contributed by atoms with van der Waals surface area (Å²) in [6.07, 6.45) is 10.1. The lowest BCUT2D eigenvalue weighted by Crippen LogP contribution is -2.11. The second-order valence-corrected chi connectivity index (χ2v) is 7.37. The van der Waals surface area contributed by atoms with Crippen LogP contribution in [0.25, 0.3) is 16.8 Å². The molecule has 2 saturated carbocycles. The van der Waals surface area contributed by atoms with Gasteiger partial charge in [0.2, 0.25) is 0 Å². The summed E-state index contributed by atoms with van der Waals surface area (Å²) >= 11 is 0. The fourth-order valence-electron chi connectivity index (χ4n) is 4.17. The van der Waals surface area contributed by atoms with Crippen molar-refractivity contribution in [2.24, 2.45) is 11.8 Å². The lowest BCUT2D eigenvalue weighted by atomic mass is 9.93. The van der Waals surface area contributed by atoms with Gasteiger partial charge in [-0.15, -0.1) is 10.2 Å². The maximum absolute atomic E-state index is 6.20. The SMILES string of the molecule is CCC1CC(OCC2CC2)CC1c1nnc2cnc3[nH]ccc3n12. The summed E-state index contributed by atoms with van der Waals surface area (Å²) in [5.41, 5.74) is 2.77. The normalized spacial score (nSPS) is 27.5. The number of H-pyrrole nitrogens is 1. The van der Waals surface area contributed by atoms with Gasteiger partial charge in [0.15, 0.2) is 11.3 Å². The number of hydrogen-bond donors (Lipinski definition) is 1. The smallest absolute Gasteiger partial charge is 0.179 e. The van der Waals surface area contributed by atoms with Crippen LogP contribution in [0.5, 0.6) is 0 Å². The van der Waals surface area contributed by atoms with Crippen LogP contribution in [0.15, 0.2) is 18.5 Å². The van der Waals surface area contributed by atoms with Gasteiger partial charge in [0.25, 0.3) is 0 Å². The molecule has 3 heterocycles. The first-order valence-corrected chi connectivity index (χ1v) is 9.12. The molecule has 0 saturated heterocycles. The highest BCUT2D eigenvalue weighted by Gasteiger charge is 2.38. The lowest BCUT2D eigenvalue weighted by molar-refractivity contribution is 0.0475. The minimum absolute atomic E-state index is 0.372. The fraction of sp³-hybridized carbons (Fsp3) is 0.611. The van der Waals surface area contributed by atoms with Crippen molar-refractivity contribution in [2.45, 2.75) is 51.0 Å². The molecular weight excluding hydrogens is 302 g/mol. The van der Waals surface area contributed by atoms with E-state index < -0.39 is 0 Å². The topological polar surface area (TPSA) is 68.1 Å². The molecule has 0 amide bonds. The number of ether oxygens (including phenoxy) is 1. The van der Waals surface area contributed by atoms with Crippen LogP contribution in [-0.4, -0.2) is 37.3 Å². The molecule has 0 spiro atoms. The zero-order valence-corrected chi connectivity index (χ0v) is 14.0. The Morgan fingerprint density at radius 3 is 3.04 bits per heavy atom. The van der Waals surface area contributed by atoms with E-state index in [-0.39, 0.29) is 0 Å². The van der Waals surface area contributed by atoms with Crippen molar-refractivity contribution >= 4 is 16.8 Å². The van der Waals surface area contributed by atoms with Crippen LogP contribution < -0.4 is 0 Å². The van der Waals surface area contributed by atoms with Gasteiger partial charge in [-0.1, -0.05) is 13.3 Å². The van der Waals surface area contributed by atoms with Gasteiger partial charge >= 0.3 is 0 Å². The molecule has 0 radical (unpaired) electrons. The monoisotopic (exact) mass is 325 g/mol. The van der Waals surface area contributed by atoms with Gasteiger partial charge in [-0.2, -0.15) is 0 Å². The van der Waals surface area contributed by atoms with Gasteiger partial charge in [-0.3, -0.25) is 4.40 Å². The summed E-state index contributed by atoms with van der Waals surface area (Å²) in [6, 6.07) is 2.05. The molecule has 126 valence electrons. The van der Waals surface area contributed by atoms with Gasteiger partial charge < -0.3 is 9.72 Å². The first-order valence-electron chi connectivity index (χ1n) is 9.12. The number of fused-ring (bicyclic) bond motifs is 3. The maximum Gasteiger partial charge on any atom is 0.179 e. The molecule has 2 fully saturated rings. The molecule has 3 aromatic heterocycles. The lowest BCUT2D eigenvalue weighted by Gasteiger charge is -2.15. The average Bonchev–Trinajstić information content (AvgIpc) is 3.02. The molecule has 2 aliphatic rings. The highest BCUT2D eigenvalue weighted by atomic mass is 16.5. The zero-order valence-electron chi connectivity index (χ0n) is 14.0. The Balaban J connectivity index is 1.49. The number of rotatable bonds is 5. The second kappa shape index (κ2) is 5.55. The van der Waals surface area contributed by atoms with Crippen LogP contribution in [0.4, 0.5) is 0 Å². The highest BCUT2D eigenvalue weighted by molar-refractivity contribution is 5.74. The van der Waals surface area contributed by atoms with E-state index in [2.05, 4.69) is 37.6 Å². The van der Waals surface area contributed by atoms with Crippen LogP contribution in [0, 0.1) is 11.8 Å². The molecule has 6 heteroatoms. The van der Waals surface area contributed by atoms with E-state index in [0.717, 1.165) is 54.4 Å². The van der Waals surface area contributed by atoms with Gasteiger partial charge in [0.1, 0.15) is 5.82 Å². The third kappa shape index (κ3) is 2.32. The Labute approximate surface area is 140 Å². The van der Waals surface area contributed by atoms with Gasteiger partial charge in [-0.25, -0.2) is 4.98 Å². The third-order valence-corrected chi connectivity index (χ3v) is 5.74. The molecule has 6 nitrogen and oxygen atoms in total. The Hall–Kier alpha value is -1.95. The number of nitrogens with one attached hydrogen (secondary N) is 1. The zero-order chi connectivity index (χ0) is 16.1. The van der Waals surface area contributed by atoms with Crippen molar-refractivity contribution in [1.82, 2.24) is 24.6 Å². The van der Waals surface area contributed by atoms with Gasteiger partial charge in [0.05, 0.1) is 17.8 Å². The van der Waals surface area contributed by atoms with Crippen LogP contribution in [0.1, 0.15) is 50.8 Å². The number of aromatic nitrogens is 5. The molecule has 3 unspecified atom stereocenters. The maximum atomic E-state index is 6.20. The van der Waals surface area contributed by atoms with Crippen LogP contribution >= 0.6 is 0 Å². The van der Waals surface area contributed by atoms with E-state index >= 15 is 0 Å². The minimum Gasteiger partial charge on any atom is -0.378 e. The van der Waals surface area contributed by atoms with E-state index in [4.69, 9.17) is 4.74 Å². The summed E-state index contributed by atoms with van der Waals surface area (Å²) in [7, 11) is 0. The first-order chi connectivity index (χ1) is 11.8. The summed E-state index contributed by atoms with van der Waals surface area (Å²) in [6.45, 7) is 3.22. The number of nitrogens with zero attached hydrogens (tertiary/aromatic N) is 4. The van der Waals surface area contributed by atoms with Crippen LogP contribution in [-0.2, 0) is 4.74 Å². The van der Waals surface area contributed by atoms with E-state index in [1.807, 2.05) is 6.20 Å². The van der Waals surface area contributed by atoms with Crippen molar-refractivity contribution in [3.05, 3.63) is 24.3 Å². The molecule has 2 aliphatic carbocycles. The Morgan fingerprint density at radius 1 is 1.29 bits per heavy atom. The molecule has 24 heavy (non-hydrogen) atoms. The largest absolute Gasteiger partial charge is 0.378 e. The number of hydrogen-bond acceptors (Lipinski definition) is 4. The standard InChI is InChI=1S/C18H23N5O/c1-2-12-7-13(24-10-11-3-4-11)8-14(12)18-22-21-16-9-20-17-15(23(16)18)5-6-19-17/h5-6,9,11-14,19H,2-4,7-8,10H2,1H3. The molecular formula is C18H23N5O. The predicted octanol–water partition coefficient (Wildman–Crippen LogP) is 3.30. The molecule has 0 aliphatic heterocycles. The fourth-order valence-corrected chi connectivity index (χ4v) is 4.17. The van der Waals surface area contributed by atoms with Gasteiger partial charge in [-0.05, 0) is 43.6 Å². The highest BCUT2D eigenvalue weighted by Crippen LogP contribution is 2.43. The summed E-state index contributed by atoms with van der Waals surface area (Å²) in [4.78, 5) is 7.60. The van der Waals surface area contributed by atoms with E-state index in [9.17, 15) is 0 Å². The van der Waals surface area contributed by atoms with Gasteiger partial charge in [0, 0.05) is 18.7 Å². The minimum atomic E-state index is 0.372. The van der Waals surface area contributed by atoms with Crippen molar-refractivity contribution in [1.29, 1.82) is 0 Å². The molecule has 0 aromatic carbocycles. The quantitative estimate of drug-likeness (QED) is 0.781. The molecule has 1 N–H and O–H groups in total. The average molecular weight is 325 g/mol. The van der Waals surface area contributed by atoms with E-state index in [1.54, 1.807) is 6.20 Å². The summed E-state index contributed by atoms with van der Waals surface area (Å²) < 4.78 is 8.37. The molecule has 3 atom stereocenters. The molecule has 5 rings (SSSR count). The number of aromatic amines is 1. The van der Waals surface area contributed by atoms with Crippen molar-refractivity contribution < 1.29 is 4.74 Å². The Kier molecular flexibility index (Phi) is 3.33. The van der Waals surface area contributed by atoms with Crippen molar-refractivity contribution in [3.63, 3.8) is 0 Å². The van der Waals surface area contributed by atoms with Crippen LogP contribution in [0.2, 0.25) is 0 Å². The second-order valence-electron chi connectivity index (χ2n) is 7.37.